The van der Waals surface area contributed by atoms with Crippen LogP contribution in [0.25, 0.3) is 22.2 Å². The summed E-state index contributed by atoms with van der Waals surface area (Å²) in [4.78, 5) is 25.8. The quantitative estimate of drug-likeness (QED) is 0.148. The van der Waals surface area contributed by atoms with E-state index in [-0.39, 0.29) is 36.6 Å². The van der Waals surface area contributed by atoms with Gasteiger partial charge in [-0.1, -0.05) is 27.7 Å². The number of nitrogens with zero attached hydrogens (tertiary/aromatic N) is 3. The number of rotatable bonds is 8. The summed E-state index contributed by atoms with van der Waals surface area (Å²) in [7, 11) is 0. The molecule has 1 aliphatic heterocycles. The second kappa shape index (κ2) is 12.5. The van der Waals surface area contributed by atoms with Crippen LogP contribution >= 0.6 is 27.7 Å². The molecule has 5 rings (SSSR count). The number of halogens is 4. The largest absolute Gasteiger partial charge is 0.415 e. The summed E-state index contributed by atoms with van der Waals surface area (Å²) in [6.45, 7) is 0.105. The average molecular weight is 699 g/mol. The minimum absolute atomic E-state index is 0.0275. The zero-order valence-electron chi connectivity index (χ0n) is 22.1. The van der Waals surface area contributed by atoms with Crippen molar-refractivity contribution in [2.24, 2.45) is 0 Å². The molecule has 0 bridgehead atoms. The lowest BCUT2D eigenvalue weighted by molar-refractivity contribution is -0.502. The van der Waals surface area contributed by atoms with Crippen molar-refractivity contribution >= 4 is 44.5 Å². The molecule has 1 amide bonds. The summed E-state index contributed by atoms with van der Waals surface area (Å²) in [6.07, 6.45) is -1.63. The van der Waals surface area contributed by atoms with Gasteiger partial charge in [-0.2, -0.15) is 0 Å². The number of pyridine rings is 3. The Morgan fingerprint density at radius 3 is 2.64 bits per heavy atom. The fourth-order valence-corrected chi connectivity index (χ4v) is 5.69. The van der Waals surface area contributed by atoms with Crippen molar-refractivity contribution in [3.63, 3.8) is 0 Å². The first-order valence-corrected chi connectivity index (χ1v) is 14.2. The van der Waals surface area contributed by atoms with E-state index in [0.717, 1.165) is 29.5 Å². The second-order valence-electron chi connectivity index (χ2n) is 9.46. The summed E-state index contributed by atoms with van der Waals surface area (Å²) < 4.78 is 51.2. The molecule has 12 nitrogen and oxygen atoms in total. The van der Waals surface area contributed by atoms with Crippen molar-refractivity contribution in [1.82, 2.24) is 20.3 Å². The van der Waals surface area contributed by atoms with E-state index < -0.39 is 41.4 Å². The van der Waals surface area contributed by atoms with Gasteiger partial charge in [0, 0.05) is 32.1 Å². The number of alkyl halides is 3. The van der Waals surface area contributed by atoms with Crippen LogP contribution in [0.4, 0.5) is 13.2 Å². The third kappa shape index (κ3) is 6.94. The number of amides is 1. The van der Waals surface area contributed by atoms with Gasteiger partial charge >= 0.3 is 11.9 Å². The van der Waals surface area contributed by atoms with Crippen molar-refractivity contribution in [3.05, 3.63) is 75.6 Å². The molecular weight excluding hydrogens is 677 g/mol. The Morgan fingerprint density at radius 1 is 1.14 bits per heavy atom. The molecule has 1 atom stereocenters. The highest BCUT2D eigenvalue weighted by Crippen LogP contribution is 2.37. The normalized spacial score (nSPS) is 15.6. The van der Waals surface area contributed by atoms with Gasteiger partial charge in [0.15, 0.2) is 5.50 Å². The first kappa shape index (κ1) is 32.0. The monoisotopic (exact) mass is 698 g/mol. The number of fused-ring (bicyclic) bond motifs is 2. The van der Waals surface area contributed by atoms with Crippen LogP contribution in [0, 0.1) is 0 Å². The SMILES string of the molecule is O=C(NCc1cc2nc(-c3ccc(C(F)F)nc3OC(O)(O)C(O)(O)O)ccc2cn1)c1cc(Br)c2c(c1)SC(F)COC2. The number of aliphatic hydroxyl groups is 5. The van der Waals surface area contributed by atoms with Gasteiger partial charge in [0.2, 0.25) is 5.88 Å². The number of benzene rings is 1. The summed E-state index contributed by atoms with van der Waals surface area (Å²) in [5.74, 6) is -9.62. The fraction of sp³-hybridized carbons (Fsp3) is 0.259. The third-order valence-electron chi connectivity index (χ3n) is 6.28. The Kier molecular flexibility index (Phi) is 9.11. The highest BCUT2D eigenvalue weighted by atomic mass is 79.9. The lowest BCUT2D eigenvalue weighted by atomic mass is 10.1. The zero-order valence-corrected chi connectivity index (χ0v) is 24.5. The van der Waals surface area contributed by atoms with Crippen LogP contribution in [-0.4, -0.2) is 70.4 Å². The van der Waals surface area contributed by atoms with Crippen molar-refractivity contribution in [3.8, 4) is 17.1 Å². The minimum Gasteiger partial charge on any atom is -0.415 e. The molecule has 4 aromatic rings. The summed E-state index contributed by atoms with van der Waals surface area (Å²) in [5.41, 5.74) is -0.537. The number of carbonyl (C=O) groups excluding carboxylic acids is 1. The van der Waals surface area contributed by atoms with Crippen LogP contribution in [0.15, 0.2) is 58.0 Å². The molecule has 4 heterocycles. The van der Waals surface area contributed by atoms with Crippen LogP contribution in [0.5, 0.6) is 5.88 Å². The molecule has 0 fully saturated rings. The Bertz CT molecular complexity index is 1730. The van der Waals surface area contributed by atoms with Gasteiger partial charge in [0.05, 0.1) is 42.2 Å². The first-order chi connectivity index (χ1) is 20.7. The molecule has 44 heavy (non-hydrogen) atoms. The van der Waals surface area contributed by atoms with Crippen LogP contribution in [0.3, 0.4) is 0 Å². The molecule has 6 N–H and O–H groups in total. The maximum Gasteiger partial charge on any atom is 0.410 e. The molecule has 1 aromatic carbocycles. The topological polar surface area (TPSA) is 187 Å². The maximum absolute atomic E-state index is 14.0. The third-order valence-corrected chi connectivity index (χ3v) is 8.00. The molecule has 1 unspecified atom stereocenters. The second-order valence-corrected chi connectivity index (χ2v) is 11.5. The van der Waals surface area contributed by atoms with Gasteiger partial charge in [-0.25, -0.2) is 23.1 Å². The van der Waals surface area contributed by atoms with Crippen molar-refractivity contribution < 1.29 is 53.0 Å². The average Bonchev–Trinajstić information content (AvgIpc) is 3.15. The highest BCUT2D eigenvalue weighted by molar-refractivity contribution is 9.10. The van der Waals surface area contributed by atoms with E-state index in [1.165, 1.54) is 18.3 Å². The van der Waals surface area contributed by atoms with Gasteiger partial charge in [0.1, 0.15) is 5.69 Å². The Balaban J connectivity index is 1.40. The fourth-order valence-electron chi connectivity index (χ4n) is 4.04. The van der Waals surface area contributed by atoms with E-state index >= 15 is 0 Å². The molecule has 1 aliphatic rings. The minimum atomic E-state index is -4.20. The summed E-state index contributed by atoms with van der Waals surface area (Å²) >= 11 is 4.38. The van der Waals surface area contributed by atoms with Crippen LogP contribution in [0.1, 0.15) is 33.7 Å². The molecule has 0 spiro atoms. The number of thioether (sulfide) groups is 1. The van der Waals surface area contributed by atoms with Crippen molar-refractivity contribution in [1.29, 1.82) is 0 Å². The number of hydrogen-bond acceptors (Lipinski definition) is 12. The first-order valence-electron chi connectivity index (χ1n) is 12.6. The lowest BCUT2D eigenvalue weighted by Crippen LogP contribution is -2.58. The number of hydrogen-bond donors (Lipinski definition) is 6. The highest BCUT2D eigenvalue weighted by Gasteiger charge is 2.51. The Hall–Kier alpha value is -3.42. The maximum atomic E-state index is 14.0. The molecular formula is C27H22BrF3N4O8S. The van der Waals surface area contributed by atoms with Crippen LogP contribution in [0.2, 0.25) is 0 Å². The van der Waals surface area contributed by atoms with Crippen molar-refractivity contribution in [2.75, 3.05) is 6.61 Å². The van der Waals surface area contributed by atoms with Crippen LogP contribution in [-0.2, 0) is 17.9 Å². The summed E-state index contributed by atoms with van der Waals surface area (Å²) in [5, 5.41) is 50.4. The van der Waals surface area contributed by atoms with Crippen LogP contribution < -0.4 is 10.1 Å². The molecule has 3 aromatic heterocycles. The Labute approximate surface area is 258 Å². The molecule has 0 radical (unpaired) electrons. The number of carbonyl (C=O) groups is 1. The molecule has 232 valence electrons. The van der Waals surface area contributed by atoms with Gasteiger partial charge in [-0.15, -0.1) is 0 Å². The molecule has 0 aliphatic carbocycles. The molecule has 0 saturated heterocycles. The van der Waals surface area contributed by atoms with Gasteiger partial charge in [-0.3, -0.25) is 9.78 Å². The predicted octanol–water partition coefficient (Wildman–Crippen LogP) is 2.89. The van der Waals surface area contributed by atoms with E-state index in [1.54, 1.807) is 18.2 Å². The van der Waals surface area contributed by atoms with Crippen molar-refractivity contribution in [2.45, 2.75) is 41.9 Å². The standard InChI is InChI=1S/C27H22BrF3N4O8S/c28-17-5-13(6-21-16(17)10-42-11-22(29)44-21)24(36)33-9-14-7-20-12(8-32-14)1-3-18(34-20)15-2-4-19(23(30)31)35-25(15)43-27(40,41)26(37,38)39/h1-8,22-23,37-41H,9-11H2,(H,33,36). The van der Waals surface area contributed by atoms with Gasteiger partial charge < -0.3 is 40.3 Å². The lowest BCUT2D eigenvalue weighted by Gasteiger charge is -2.29. The molecule has 17 heteroatoms. The van der Waals surface area contributed by atoms with E-state index in [9.17, 15) is 43.5 Å². The number of ether oxygens (including phenoxy) is 2. The summed E-state index contributed by atoms with van der Waals surface area (Å²) in [6, 6.07) is 9.70. The number of aromatic nitrogens is 3. The smallest absolute Gasteiger partial charge is 0.410 e. The Morgan fingerprint density at radius 2 is 1.91 bits per heavy atom. The number of nitrogens with one attached hydrogen (secondary N) is 1. The van der Waals surface area contributed by atoms with E-state index in [0.29, 0.717) is 26.0 Å². The van der Waals surface area contributed by atoms with E-state index in [1.807, 2.05) is 0 Å². The van der Waals surface area contributed by atoms with Gasteiger partial charge in [-0.05, 0) is 42.5 Å². The predicted molar refractivity (Wildman–Crippen MR) is 151 cm³/mol. The van der Waals surface area contributed by atoms with E-state index in [2.05, 4.69) is 40.9 Å². The molecule has 0 saturated carbocycles. The zero-order chi connectivity index (χ0) is 31.8. The van der Waals surface area contributed by atoms with E-state index in [4.69, 9.17) is 4.74 Å². The van der Waals surface area contributed by atoms with Gasteiger partial charge in [0.25, 0.3) is 12.3 Å².